The van der Waals surface area contributed by atoms with Crippen molar-refractivity contribution in [2.24, 2.45) is 0 Å². The Balaban J connectivity index is 1.99. The standard InChI is InChI=1S/C18H18N2O4S/c1-19-15-14(11-12-3-5-13(23-2)6-4-12)16(18(21)22)25-17(15)20-7-9-24-10-8-20/h3-6H,7-11H2,2H3,(H,21,22). The Morgan fingerprint density at radius 2 is 2.04 bits per heavy atom. The monoisotopic (exact) mass is 358 g/mol. The van der Waals surface area contributed by atoms with E-state index in [4.69, 9.17) is 16.0 Å². The minimum atomic E-state index is -0.988. The number of carboxylic acid groups (broad SMARTS) is 1. The lowest BCUT2D eigenvalue weighted by Crippen LogP contribution is -2.35. The van der Waals surface area contributed by atoms with Crippen molar-refractivity contribution in [3.63, 3.8) is 0 Å². The molecule has 130 valence electrons. The molecule has 1 aromatic carbocycles. The number of rotatable bonds is 5. The summed E-state index contributed by atoms with van der Waals surface area (Å²) in [6.45, 7) is 10.1. The topological polar surface area (TPSA) is 63.4 Å². The smallest absolute Gasteiger partial charge is 0.344 e. The van der Waals surface area contributed by atoms with Crippen LogP contribution in [-0.2, 0) is 11.2 Å². The number of methoxy groups -OCH3 is 1. The fraction of sp³-hybridized carbons (Fsp3) is 0.333. The van der Waals surface area contributed by atoms with E-state index in [2.05, 4.69) is 4.85 Å². The zero-order valence-electron chi connectivity index (χ0n) is 13.8. The van der Waals surface area contributed by atoms with Crippen LogP contribution in [0.15, 0.2) is 24.3 Å². The van der Waals surface area contributed by atoms with Crippen molar-refractivity contribution >= 4 is 28.0 Å². The number of hydrogen-bond acceptors (Lipinski definition) is 5. The second kappa shape index (κ2) is 7.55. The number of thiophene rings is 1. The van der Waals surface area contributed by atoms with Crippen LogP contribution in [0.4, 0.5) is 10.7 Å². The Morgan fingerprint density at radius 1 is 1.36 bits per heavy atom. The number of benzene rings is 1. The van der Waals surface area contributed by atoms with Crippen LogP contribution >= 0.6 is 11.3 Å². The largest absolute Gasteiger partial charge is 0.497 e. The summed E-state index contributed by atoms with van der Waals surface area (Å²) in [5, 5.41) is 10.3. The first-order valence-corrected chi connectivity index (χ1v) is 8.67. The molecule has 7 heteroatoms. The number of carbonyl (C=O) groups is 1. The molecule has 1 saturated heterocycles. The first-order valence-electron chi connectivity index (χ1n) is 7.86. The van der Waals surface area contributed by atoms with E-state index in [1.807, 2.05) is 29.2 Å². The first-order chi connectivity index (χ1) is 12.1. The van der Waals surface area contributed by atoms with E-state index in [0.29, 0.717) is 44.0 Å². The van der Waals surface area contributed by atoms with Gasteiger partial charge in [0.1, 0.15) is 10.6 Å². The second-order valence-electron chi connectivity index (χ2n) is 5.60. The molecule has 0 spiro atoms. The van der Waals surface area contributed by atoms with Crippen LogP contribution in [0.3, 0.4) is 0 Å². The predicted octanol–water partition coefficient (Wildman–Crippen LogP) is 3.43. The third-order valence-corrected chi connectivity index (χ3v) is 5.38. The van der Waals surface area contributed by atoms with Gasteiger partial charge in [0.05, 0.1) is 31.9 Å². The van der Waals surface area contributed by atoms with Crippen LogP contribution < -0.4 is 9.64 Å². The molecule has 2 heterocycles. The summed E-state index contributed by atoms with van der Waals surface area (Å²) in [4.78, 5) is 17.7. The zero-order chi connectivity index (χ0) is 17.8. The van der Waals surface area contributed by atoms with Gasteiger partial charge in [-0.1, -0.05) is 12.1 Å². The number of anilines is 1. The molecule has 1 fully saturated rings. The van der Waals surface area contributed by atoms with E-state index in [1.54, 1.807) is 7.11 Å². The van der Waals surface area contributed by atoms with Gasteiger partial charge in [0.15, 0.2) is 0 Å². The van der Waals surface area contributed by atoms with Crippen molar-refractivity contribution in [3.05, 3.63) is 51.7 Å². The van der Waals surface area contributed by atoms with Gasteiger partial charge in [-0.25, -0.2) is 9.64 Å². The van der Waals surface area contributed by atoms with Gasteiger partial charge in [-0.05, 0) is 29.7 Å². The Hall–Kier alpha value is -2.56. The van der Waals surface area contributed by atoms with Gasteiger partial charge in [0.2, 0.25) is 5.69 Å². The molecule has 1 aromatic heterocycles. The summed E-state index contributed by atoms with van der Waals surface area (Å²) in [6, 6.07) is 7.46. The number of nitrogens with zero attached hydrogens (tertiary/aromatic N) is 2. The van der Waals surface area contributed by atoms with E-state index in [-0.39, 0.29) is 4.88 Å². The third-order valence-electron chi connectivity index (χ3n) is 4.11. The fourth-order valence-electron chi connectivity index (χ4n) is 2.82. The van der Waals surface area contributed by atoms with Gasteiger partial charge in [-0.3, -0.25) is 0 Å². The highest BCUT2D eigenvalue weighted by Gasteiger charge is 2.26. The highest BCUT2D eigenvalue weighted by atomic mass is 32.1. The average molecular weight is 358 g/mol. The van der Waals surface area contributed by atoms with E-state index in [0.717, 1.165) is 16.3 Å². The SMILES string of the molecule is [C-]#[N+]c1c(N2CCOCC2)sc(C(=O)O)c1Cc1ccc(OC)cc1. The van der Waals surface area contributed by atoms with E-state index < -0.39 is 5.97 Å². The first kappa shape index (κ1) is 17.3. The molecule has 6 nitrogen and oxygen atoms in total. The molecule has 25 heavy (non-hydrogen) atoms. The predicted molar refractivity (Wildman–Crippen MR) is 96.4 cm³/mol. The van der Waals surface area contributed by atoms with Crippen molar-refractivity contribution in [3.8, 4) is 5.75 Å². The summed E-state index contributed by atoms with van der Waals surface area (Å²) >= 11 is 1.18. The van der Waals surface area contributed by atoms with Gasteiger partial charge in [0.25, 0.3) is 0 Å². The van der Waals surface area contributed by atoms with Crippen LogP contribution in [-0.4, -0.2) is 44.5 Å². The molecule has 1 aliphatic rings. The van der Waals surface area contributed by atoms with Crippen molar-refractivity contribution in [2.75, 3.05) is 38.3 Å². The maximum Gasteiger partial charge on any atom is 0.344 e. The van der Waals surface area contributed by atoms with E-state index in [1.165, 1.54) is 11.3 Å². The lowest BCUT2D eigenvalue weighted by atomic mass is 10.0. The summed E-state index contributed by atoms with van der Waals surface area (Å²) < 4.78 is 10.5. The lowest BCUT2D eigenvalue weighted by Gasteiger charge is -2.28. The Bertz CT molecular complexity index is 802. The van der Waals surface area contributed by atoms with Crippen LogP contribution in [0.5, 0.6) is 5.75 Å². The molecule has 3 rings (SSSR count). The van der Waals surface area contributed by atoms with Crippen molar-refractivity contribution in [1.29, 1.82) is 0 Å². The third kappa shape index (κ3) is 3.60. The molecule has 0 amide bonds. The molecule has 0 unspecified atom stereocenters. The number of carboxylic acids is 1. The minimum Gasteiger partial charge on any atom is -0.497 e. The van der Waals surface area contributed by atoms with Gasteiger partial charge in [-0.15, -0.1) is 11.3 Å². The number of morpholine rings is 1. The molecule has 0 radical (unpaired) electrons. The van der Waals surface area contributed by atoms with Gasteiger partial charge < -0.3 is 19.5 Å². The second-order valence-corrected chi connectivity index (χ2v) is 6.60. The van der Waals surface area contributed by atoms with Crippen molar-refractivity contribution in [1.82, 2.24) is 0 Å². The average Bonchev–Trinajstić information content (AvgIpc) is 3.01. The normalized spacial score (nSPS) is 14.2. The summed E-state index contributed by atoms with van der Waals surface area (Å²) in [7, 11) is 1.60. The highest BCUT2D eigenvalue weighted by Crippen LogP contribution is 2.44. The van der Waals surface area contributed by atoms with E-state index >= 15 is 0 Å². The minimum absolute atomic E-state index is 0.239. The zero-order valence-corrected chi connectivity index (χ0v) is 14.6. The lowest BCUT2D eigenvalue weighted by molar-refractivity contribution is 0.0701. The molecular weight excluding hydrogens is 340 g/mol. The Labute approximate surface area is 150 Å². The molecule has 0 aliphatic carbocycles. The number of hydrogen-bond donors (Lipinski definition) is 1. The summed E-state index contributed by atoms with van der Waals surface area (Å²) in [5.74, 6) is -0.246. The van der Waals surface area contributed by atoms with Crippen molar-refractivity contribution in [2.45, 2.75) is 6.42 Å². The molecule has 0 saturated carbocycles. The number of aromatic carboxylic acids is 1. The van der Waals surface area contributed by atoms with Gasteiger partial charge in [0, 0.05) is 13.1 Å². The molecule has 0 bridgehead atoms. The molecule has 2 aromatic rings. The van der Waals surface area contributed by atoms with E-state index in [9.17, 15) is 9.90 Å². The van der Waals surface area contributed by atoms with Crippen molar-refractivity contribution < 1.29 is 19.4 Å². The number of ether oxygens (including phenoxy) is 2. The molecular formula is C18H18N2O4S. The van der Waals surface area contributed by atoms with Gasteiger partial charge >= 0.3 is 5.97 Å². The summed E-state index contributed by atoms with van der Waals surface area (Å²) in [6.07, 6.45) is 0.407. The maximum atomic E-state index is 11.7. The van der Waals surface area contributed by atoms with Crippen LogP contribution in [0.2, 0.25) is 0 Å². The fourth-order valence-corrected chi connectivity index (χ4v) is 3.97. The maximum absolute atomic E-state index is 11.7. The Morgan fingerprint density at radius 3 is 2.60 bits per heavy atom. The highest BCUT2D eigenvalue weighted by molar-refractivity contribution is 7.18. The molecule has 1 N–H and O–H groups in total. The van der Waals surface area contributed by atoms with Crippen LogP contribution in [0, 0.1) is 6.57 Å². The van der Waals surface area contributed by atoms with Crippen LogP contribution in [0.1, 0.15) is 20.8 Å². The Kier molecular flexibility index (Phi) is 5.22. The quantitative estimate of drug-likeness (QED) is 0.830. The molecule has 1 aliphatic heterocycles. The van der Waals surface area contributed by atoms with Gasteiger partial charge in [-0.2, -0.15) is 0 Å². The summed E-state index contributed by atoms with van der Waals surface area (Å²) in [5.41, 5.74) is 1.97. The molecule has 0 atom stereocenters. The van der Waals surface area contributed by atoms with Crippen LogP contribution in [0.25, 0.3) is 4.85 Å².